The molecular weight excluding hydrogens is 628 g/mol. The minimum absolute atomic E-state index is 0.0506. The third kappa shape index (κ3) is 7.25. The number of pyridine rings is 1. The molecule has 0 aliphatic heterocycles. The maximum Gasteiger partial charge on any atom is 0.343 e. The number of aromatic nitrogens is 1. The van der Waals surface area contributed by atoms with Crippen LogP contribution in [0.4, 0.5) is 0 Å². The zero-order valence-electron chi connectivity index (χ0n) is 24.5. The molecule has 0 aliphatic carbocycles. The van der Waals surface area contributed by atoms with E-state index in [9.17, 15) is 49.2 Å². The normalized spacial score (nSPS) is 11.8. The summed E-state index contributed by atoms with van der Waals surface area (Å²) < 4.78 is 17.2. The predicted molar refractivity (Wildman–Crippen MR) is 159 cm³/mol. The van der Waals surface area contributed by atoms with Crippen LogP contribution < -0.4 is 16.2 Å². The van der Waals surface area contributed by atoms with Crippen LogP contribution in [0, 0.1) is 0 Å². The molecular formula is C30H28N2O15. The number of phenolic OH excluding ortho intramolecular Hbond substituents is 4. The molecule has 0 radical (unpaired) electrons. The number of carboxylic acids is 2. The first kappa shape index (κ1) is 33.8. The molecule has 1 amide bonds. The maximum atomic E-state index is 13.7. The Balaban J connectivity index is 1.51. The largest absolute Gasteiger partial charge is 0.504 e. The van der Waals surface area contributed by atoms with Crippen LogP contribution in [0.25, 0.3) is 33.0 Å². The van der Waals surface area contributed by atoms with Crippen molar-refractivity contribution >= 4 is 45.7 Å². The van der Waals surface area contributed by atoms with Crippen LogP contribution in [0.1, 0.15) is 29.6 Å². The molecule has 47 heavy (non-hydrogen) atoms. The zero-order valence-corrected chi connectivity index (χ0v) is 24.5. The summed E-state index contributed by atoms with van der Waals surface area (Å²) in [5.41, 5.74) is -3.07. The first-order valence-corrected chi connectivity index (χ1v) is 13.8. The molecule has 4 rings (SSSR count). The number of aliphatic carboxylic acids is 2. The highest BCUT2D eigenvalue weighted by Gasteiger charge is 2.26. The lowest BCUT2D eigenvalue weighted by molar-refractivity contribution is -0.143. The lowest BCUT2D eigenvalue weighted by atomic mass is 10.0. The molecule has 0 saturated carbocycles. The molecule has 4 aromatic rings. The van der Waals surface area contributed by atoms with Crippen molar-refractivity contribution in [3.05, 3.63) is 56.7 Å². The molecule has 0 bridgehead atoms. The van der Waals surface area contributed by atoms with Crippen LogP contribution in [-0.4, -0.2) is 84.9 Å². The summed E-state index contributed by atoms with van der Waals surface area (Å²) >= 11 is 0. The minimum atomic E-state index is -1.41. The Hall–Kier alpha value is -6.10. The number of hydrogen-bond acceptors (Lipinski definition) is 13. The SMILES string of the molecule is Cn1cc(-c2coc3cc(O)c(O)c(C(=O)OCCOCCC(=O)NC(CCC(=O)O)C(=O)O)c3c2=O)c(=O)c2cc(O)c(O)cc21. The number of nitrogens with zero attached hydrogens (tertiary/aromatic N) is 1. The van der Waals surface area contributed by atoms with E-state index in [1.807, 2.05) is 0 Å². The van der Waals surface area contributed by atoms with Gasteiger partial charge in [0, 0.05) is 38.2 Å². The van der Waals surface area contributed by atoms with Crippen LogP contribution in [0.5, 0.6) is 23.0 Å². The Kier molecular flexibility index (Phi) is 9.99. The Morgan fingerprint density at radius 3 is 2.28 bits per heavy atom. The third-order valence-corrected chi connectivity index (χ3v) is 7.01. The van der Waals surface area contributed by atoms with E-state index < -0.39 is 87.7 Å². The molecule has 17 heteroatoms. The summed E-state index contributed by atoms with van der Waals surface area (Å²) in [4.78, 5) is 73.9. The van der Waals surface area contributed by atoms with Crippen molar-refractivity contribution < 1.29 is 63.7 Å². The van der Waals surface area contributed by atoms with E-state index in [-0.39, 0.29) is 53.7 Å². The van der Waals surface area contributed by atoms with Gasteiger partial charge in [-0.15, -0.1) is 0 Å². The Labute approximate surface area is 262 Å². The predicted octanol–water partition coefficient (Wildman–Crippen LogP) is 1.13. The van der Waals surface area contributed by atoms with Crippen LogP contribution in [0.2, 0.25) is 0 Å². The number of esters is 1. The molecule has 2 aromatic carbocycles. The minimum Gasteiger partial charge on any atom is -0.504 e. The van der Waals surface area contributed by atoms with Crippen molar-refractivity contribution in [3.8, 4) is 34.1 Å². The molecule has 0 aliphatic rings. The number of carbonyl (C=O) groups is 4. The molecule has 0 fully saturated rings. The molecule has 1 unspecified atom stereocenters. The molecule has 2 heterocycles. The number of phenols is 4. The van der Waals surface area contributed by atoms with Crippen LogP contribution in [0.15, 0.2) is 44.7 Å². The van der Waals surface area contributed by atoms with Gasteiger partial charge in [0.05, 0.1) is 40.6 Å². The standard InChI is InChI=1S/C30H28N2O15/c1-32-11-14(26(39)13-8-18(33)19(34)9-17(13)32)15-12-47-21-10-20(35)28(41)25(24(21)27(15)40)30(44)46-7-6-45-5-4-22(36)31-16(29(42)43)2-3-23(37)38/h8-12,16,33-35,41H,2-7H2,1H3,(H,31,36)(H,37,38)(H,42,43). The van der Waals surface area contributed by atoms with Crippen molar-refractivity contribution in [3.63, 3.8) is 0 Å². The summed E-state index contributed by atoms with van der Waals surface area (Å²) in [6, 6.07) is 1.66. The van der Waals surface area contributed by atoms with Crippen LogP contribution >= 0.6 is 0 Å². The molecule has 7 N–H and O–H groups in total. The van der Waals surface area contributed by atoms with Crippen molar-refractivity contribution in [2.45, 2.75) is 25.3 Å². The Bertz CT molecular complexity index is 2030. The Morgan fingerprint density at radius 2 is 1.60 bits per heavy atom. The lowest BCUT2D eigenvalue weighted by Crippen LogP contribution is -2.41. The zero-order chi connectivity index (χ0) is 34.6. The average Bonchev–Trinajstić information content (AvgIpc) is 3.00. The maximum absolute atomic E-state index is 13.7. The second-order valence-electron chi connectivity index (χ2n) is 10.2. The number of carbonyl (C=O) groups excluding carboxylic acids is 2. The number of benzene rings is 2. The van der Waals surface area contributed by atoms with Gasteiger partial charge >= 0.3 is 17.9 Å². The number of ether oxygens (including phenoxy) is 2. The van der Waals surface area contributed by atoms with Gasteiger partial charge in [0.15, 0.2) is 28.4 Å². The number of nitrogens with one attached hydrogen (secondary N) is 1. The molecule has 0 spiro atoms. The van der Waals surface area contributed by atoms with E-state index in [1.54, 1.807) is 0 Å². The highest BCUT2D eigenvalue weighted by atomic mass is 16.6. The van der Waals surface area contributed by atoms with Crippen LogP contribution in [0.3, 0.4) is 0 Å². The lowest BCUT2D eigenvalue weighted by Gasteiger charge is -2.14. The van der Waals surface area contributed by atoms with Crippen molar-refractivity contribution in [2.24, 2.45) is 7.05 Å². The monoisotopic (exact) mass is 656 g/mol. The number of aromatic hydroxyl groups is 4. The van der Waals surface area contributed by atoms with Crippen molar-refractivity contribution in [1.29, 1.82) is 0 Å². The van der Waals surface area contributed by atoms with Gasteiger partial charge in [0.1, 0.15) is 30.1 Å². The van der Waals surface area contributed by atoms with Gasteiger partial charge < -0.3 is 54.4 Å². The van der Waals surface area contributed by atoms with Crippen molar-refractivity contribution in [2.75, 3.05) is 19.8 Å². The summed E-state index contributed by atoms with van der Waals surface area (Å²) in [6.45, 7) is -0.979. The van der Waals surface area contributed by atoms with Crippen LogP contribution in [-0.2, 0) is 30.9 Å². The fraction of sp³-hybridized carbons (Fsp3) is 0.267. The third-order valence-electron chi connectivity index (χ3n) is 7.01. The number of hydrogen-bond donors (Lipinski definition) is 7. The number of fused-ring (bicyclic) bond motifs is 2. The second-order valence-corrected chi connectivity index (χ2v) is 10.2. The number of amides is 1. The van der Waals surface area contributed by atoms with E-state index in [0.717, 1.165) is 24.5 Å². The van der Waals surface area contributed by atoms with E-state index in [1.165, 1.54) is 17.8 Å². The number of aryl methyl sites for hydroxylation is 1. The molecule has 248 valence electrons. The van der Waals surface area contributed by atoms with Crippen molar-refractivity contribution in [1.82, 2.24) is 9.88 Å². The van der Waals surface area contributed by atoms with Gasteiger partial charge in [-0.25, -0.2) is 9.59 Å². The summed E-state index contributed by atoms with van der Waals surface area (Å²) in [6.07, 6.45) is 1.10. The first-order chi connectivity index (χ1) is 22.2. The van der Waals surface area contributed by atoms with E-state index >= 15 is 0 Å². The van der Waals surface area contributed by atoms with E-state index in [0.29, 0.717) is 0 Å². The highest BCUT2D eigenvalue weighted by molar-refractivity contribution is 6.07. The van der Waals surface area contributed by atoms with Gasteiger partial charge in [0.2, 0.25) is 11.3 Å². The molecule has 1 atom stereocenters. The number of rotatable bonds is 13. The second kappa shape index (κ2) is 13.9. The first-order valence-electron chi connectivity index (χ1n) is 13.8. The highest BCUT2D eigenvalue weighted by Crippen LogP contribution is 2.36. The Morgan fingerprint density at radius 1 is 0.894 bits per heavy atom. The average molecular weight is 657 g/mol. The topological polar surface area (TPSA) is 272 Å². The molecule has 17 nitrogen and oxygen atoms in total. The quantitative estimate of drug-likeness (QED) is 0.0604. The van der Waals surface area contributed by atoms with E-state index in [4.69, 9.17) is 24.1 Å². The summed E-state index contributed by atoms with van der Waals surface area (Å²) in [7, 11) is 1.51. The fourth-order valence-corrected chi connectivity index (χ4v) is 4.67. The molecule has 2 aromatic heterocycles. The summed E-state index contributed by atoms with van der Waals surface area (Å²) in [5.74, 6) is -7.50. The van der Waals surface area contributed by atoms with Gasteiger partial charge in [-0.1, -0.05) is 0 Å². The smallest absolute Gasteiger partial charge is 0.343 e. The molecule has 0 saturated heterocycles. The summed E-state index contributed by atoms with van der Waals surface area (Å²) in [5, 5.41) is 59.9. The van der Waals surface area contributed by atoms with Gasteiger partial charge in [-0.3, -0.25) is 19.2 Å². The number of carboxylic acid groups (broad SMARTS) is 2. The van der Waals surface area contributed by atoms with Gasteiger partial charge in [-0.2, -0.15) is 0 Å². The van der Waals surface area contributed by atoms with Gasteiger partial charge in [0.25, 0.3) is 0 Å². The van der Waals surface area contributed by atoms with E-state index in [2.05, 4.69) is 5.32 Å². The van der Waals surface area contributed by atoms with Gasteiger partial charge in [-0.05, 0) is 12.5 Å². The fourth-order valence-electron chi connectivity index (χ4n) is 4.67.